The summed E-state index contributed by atoms with van der Waals surface area (Å²) in [5.41, 5.74) is 1.84. The molecule has 0 radical (unpaired) electrons. The Morgan fingerprint density at radius 1 is 1.47 bits per heavy atom. The fraction of sp³-hybridized carbons (Fsp3) is 0.545. The standard InChI is InChI=1S/C9H14N4.C2H6/c1-6(2)7(10-3)8-9(11-4)13-5-12-8;1-2/h5-6H,4H2,1-3H3,(H,12,13);1-2H3. The van der Waals surface area contributed by atoms with Crippen LogP contribution >= 0.6 is 0 Å². The minimum atomic E-state index is 0.353. The molecule has 0 saturated carbocycles. The third kappa shape index (κ3) is 3.31. The molecule has 0 aliphatic heterocycles. The van der Waals surface area contributed by atoms with E-state index in [2.05, 4.69) is 40.5 Å². The van der Waals surface area contributed by atoms with Crippen LogP contribution in [0, 0.1) is 5.92 Å². The maximum atomic E-state index is 4.20. The molecule has 0 atom stereocenters. The predicted octanol–water partition coefficient (Wildman–Crippen LogP) is 2.84. The average Bonchev–Trinajstić information content (AvgIpc) is 2.69. The summed E-state index contributed by atoms with van der Waals surface area (Å²) >= 11 is 0. The van der Waals surface area contributed by atoms with Crippen LogP contribution in [0.25, 0.3) is 0 Å². The molecule has 1 aromatic heterocycles. The predicted molar refractivity (Wildman–Crippen MR) is 66.4 cm³/mol. The first-order valence-electron chi connectivity index (χ1n) is 5.17. The molecule has 0 spiro atoms. The Bertz CT molecular complexity index is 323. The van der Waals surface area contributed by atoms with Crippen molar-refractivity contribution in [1.82, 2.24) is 9.97 Å². The summed E-state index contributed by atoms with van der Waals surface area (Å²) in [6.07, 6.45) is 1.60. The highest BCUT2D eigenvalue weighted by atomic mass is 15.0. The lowest BCUT2D eigenvalue weighted by molar-refractivity contribution is 0.877. The Balaban J connectivity index is 0.000000921. The Hall–Kier alpha value is -1.45. The van der Waals surface area contributed by atoms with Crippen LogP contribution in [0.5, 0.6) is 0 Å². The van der Waals surface area contributed by atoms with Crippen LogP contribution in [0.4, 0.5) is 5.82 Å². The second-order valence-corrected chi connectivity index (χ2v) is 3.02. The van der Waals surface area contributed by atoms with Gasteiger partial charge in [0.25, 0.3) is 0 Å². The molecule has 15 heavy (non-hydrogen) atoms. The number of aromatic nitrogens is 2. The van der Waals surface area contributed by atoms with Crippen molar-refractivity contribution in [2.75, 3.05) is 7.05 Å². The van der Waals surface area contributed by atoms with Crippen molar-refractivity contribution in [3.8, 4) is 0 Å². The number of aliphatic imine (C=N–C) groups is 2. The van der Waals surface area contributed by atoms with Gasteiger partial charge in [-0.2, -0.15) is 0 Å². The van der Waals surface area contributed by atoms with E-state index in [0.29, 0.717) is 11.7 Å². The van der Waals surface area contributed by atoms with E-state index in [1.54, 1.807) is 13.4 Å². The van der Waals surface area contributed by atoms with E-state index in [1.165, 1.54) is 0 Å². The lowest BCUT2D eigenvalue weighted by Crippen LogP contribution is -2.09. The zero-order valence-electron chi connectivity index (χ0n) is 10.2. The second kappa shape index (κ2) is 6.92. The van der Waals surface area contributed by atoms with Crippen molar-refractivity contribution in [3.05, 3.63) is 12.0 Å². The average molecular weight is 208 g/mol. The third-order valence-electron chi connectivity index (χ3n) is 1.81. The van der Waals surface area contributed by atoms with E-state index in [4.69, 9.17) is 0 Å². The topological polar surface area (TPSA) is 53.4 Å². The van der Waals surface area contributed by atoms with E-state index in [0.717, 1.165) is 11.4 Å². The fourth-order valence-electron chi connectivity index (χ4n) is 1.25. The highest BCUT2D eigenvalue weighted by molar-refractivity contribution is 6.03. The summed E-state index contributed by atoms with van der Waals surface area (Å²) in [4.78, 5) is 15.0. The smallest absolute Gasteiger partial charge is 0.178 e. The van der Waals surface area contributed by atoms with Crippen LogP contribution in [0.15, 0.2) is 16.3 Å². The van der Waals surface area contributed by atoms with Crippen molar-refractivity contribution in [1.29, 1.82) is 0 Å². The molecule has 0 bridgehead atoms. The number of imidazole rings is 1. The quantitative estimate of drug-likeness (QED) is 0.763. The third-order valence-corrected chi connectivity index (χ3v) is 1.81. The molecule has 0 unspecified atom stereocenters. The molecule has 0 fully saturated rings. The molecule has 1 rings (SSSR count). The summed E-state index contributed by atoms with van der Waals surface area (Å²) < 4.78 is 0. The minimum absolute atomic E-state index is 0.353. The summed E-state index contributed by atoms with van der Waals surface area (Å²) in [5.74, 6) is 0.972. The number of H-pyrrole nitrogens is 1. The first-order chi connectivity index (χ1) is 7.20. The maximum Gasteiger partial charge on any atom is 0.178 e. The largest absolute Gasteiger partial charge is 0.342 e. The van der Waals surface area contributed by atoms with Crippen molar-refractivity contribution in [3.63, 3.8) is 0 Å². The summed E-state index contributed by atoms with van der Waals surface area (Å²) in [5, 5.41) is 0. The van der Waals surface area contributed by atoms with Crippen molar-refractivity contribution in [2.45, 2.75) is 27.7 Å². The molecule has 1 N–H and O–H groups in total. The molecular weight excluding hydrogens is 188 g/mol. The number of nitrogens with zero attached hydrogens (tertiary/aromatic N) is 3. The van der Waals surface area contributed by atoms with Crippen LogP contribution in [-0.2, 0) is 0 Å². The van der Waals surface area contributed by atoms with Crippen LogP contribution in [0.2, 0.25) is 0 Å². The first-order valence-corrected chi connectivity index (χ1v) is 5.17. The molecule has 1 heterocycles. The Kier molecular flexibility index (Phi) is 6.25. The molecule has 4 heteroatoms. The lowest BCUT2D eigenvalue weighted by atomic mass is 10.1. The number of aromatic amines is 1. The van der Waals surface area contributed by atoms with E-state index < -0.39 is 0 Å². The number of rotatable bonds is 3. The number of nitrogens with one attached hydrogen (secondary N) is 1. The molecule has 1 aromatic rings. The highest BCUT2D eigenvalue weighted by Crippen LogP contribution is 2.17. The summed E-state index contributed by atoms with van der Waals surface area (Å²) in [6, 6.07) is 0. The van der Waals surface area contributed by atoms with Gasteiger partial charge in [-0.3, -0.25) is 4.99 Å². The molecular formula is C11H20N4. The molecule has 0 aromatic carbocycles. The Morgan fingerprint density at radius 2 is 2.07 bits per heavy atom. The van der Waals surface area contributed by atoms with Gasteiger partial charge >= 0.3 is 0 Å². The minimum Gasteiger partial charge on any atom is -0.342 e. The van der Waals surface area contributed by atoms with E-state index in [9.17, 15) is 0 Å². The zero-order chi connectivity index (χ0) is 11.8. The van der Waals surface area contributed by atoms with Crippen molar-refractivity contribution >= 4 is 18.2 Å². The van der Waals surface area contributed by atoms with Crippen LogP contribution in [0.3, 0.4) is 0 Å². The van der Waals surface area contributed by atoms with Gasteiger partial charge < -0.3 is 4.98 Å². The Morgan fingerprint density at radius 3 is 2.47 bits per heavy atom. The SMILES string of the molecule is C=Nc1nc[nH]c1C(=NC)C(C)C.CC. The van der Waals surface area contributed by atoms with Gasteiger partial charge in [0.1, 0.15) is 5.69 Å². The van der Waals surface area contributed by atoms with E-state index in [-0.39, 0.29) is 0 Å². The molecule has 0 aliphatic rings. The number of hydrogen-bond donors (Lipinski definition) is 1. The van der Waals surface area contributed by atoms with Gasteiger partial charge in [-0.1, -0.05) is 27.7 Å². The van der Waals surface area contributed by atoms with Crippen molar-refractivity contribution < 1.29 is 0 Å². The lowest BCUT2D eigenvalue weighted by Gasteiger charge is -2.07. The van der Waals surface area contributed by atoms with Gasteiger partial charge in [0.15, 0.2) is 5.82 Å². The number of hydrogen-bond acceptors (Lipinski definition) is 3. The summed E-state index contributed by atoms with van der Waals surface area (Å²) in [7, 11) is 1.77. The van der Waals surface area contributed by atoms with E-state index in [1.807, 2.05) is 13.8 Å². The highest BCUT2D eigenvalue weighted by Gasteiger charge is 2.13. The van der Waals surface area contributed by atoms with Gasteiger partial charge in [0, 0.05) is 7.05 Å². The normalized spacial score (nSPS) is 10.9. The van der Waals surface area contributed by atoms with Crippen LogP contribution in [-0.4, -0.2) is 29.4 Å². The van der Waals surface area contributed by atoms with Crippen molar-refractivity contribution in [2.24, 2.45) is 15.9 Å². The molecule has 84 valence electrons. The first kappa shape index (κ1) is 13.5. The summed E-state index contributed by atoms with van der Waals surface area (Å²) in [6.45, 7) is 11.6. The maximum absolute atomic E-state index is 4.20. The van der Waals surface area contributed by atoms with Gasteiger partial charge in [-0.05, 0) is 12.6 Å². The second-order valence-electron chi connectivity index (χ2n) is 3.02. The van der Waals surface area contributed by atoms with E-state index >= 15 is 0 Å². The molecule has 0 saturated heterocycles. The zero-order valence-corrected chi connectivity index (χ0v) is 10.2. The van der Waals surface area contributed by atoms with Gasteiger partial charge in [0.2, 0.25) is 0 Å². The van der Waals surface area contributed by atoms with Gasteiger partial charge in [-0.25, -0.2) is 9.98 Å². The Labute approximate surface area is 91.6 Å². The molecule has 4 nitrogen and oxygen atoms in total. The van der Waals surface area contributed by atoms with Gasteiger partial charge in [-0.15, -0.1) is 0 Å². The monoisotopic (exact) mass is 208 g/mol. The van der Waals surface area contributed by atoms with Crippen LogP contribution in [0.1, 0.15) is 33.4 Å². The molecule has 0 amide bonds. The molecule has 0 aliphatic carbocycles. The van der Waals surface area contributed by atoms with Gasteiger partial charge in [0.05, 0.1) is 12.0 Å². The van der Waals surface area contributed by atoms with Crippen LogP contribution < -0.4 is 0 Å². The fourth-order valence-corrected chi connectivity index (χ4v) is 1.25.